The van der Waals surface area contributed by atoms with E-state index >= 15 is 0 Å². The Balaban J connectivity index is 3.29. The normalized spacial score (nSPS) is 9.33. The highest BCUT2D eigenvalue weighted by Gasteiger charge is 2.09. The Kier molecular flexibility index (Phi) is 2.23. The van der Waals surface area contributed by atoms with E-state index < -0.39 is 5.97 Å². The van der Waals surface area contributed by atoms with E-state index in [1.165, 1.54) is 12.1 Å². The molecule has 60 valence electrons. The van der Waals surface area contributed by atoms with E-state index in [4.69, 9.17) is 5.11 Å². The van der Waals surface area contributed by atoms with Crippen molar-refractivity contribution in [3.05, 3.63) is 28.7 Å². The summed E-state index contributed by atoms with van der Waals surface area (Å²) in [5, 5.41) is 11.2. The number of nitrogens with zero attached hydrogens (tertiary/aromatic N) is 1. The van der Waals surface area contributed by atoms with Crippen LogP contribution in [0, 0.1) is 4.91 Å². The molecule has 0 saturated heterocycles. The Morgan fingerprint density at radius 1 is 1.50 bits per heavy atom. The predicted octanol–water partition coefficient (Wildman–Crippen LogP) is 0.0411. The van der Waals surface area contributed by atoms with Gasteiger partial charge in [0.15, 0.2) is 0 Å². The number of aromatic carboxylic acids is 1. The van der Waals surface area contributed by atoms with Crippen molar-refractivity contribution in [2.24, 2.45) is 5.18 Å². The Morgan fingerprint density at radius 3 is 2.67 bits per heavy atom. The highest BCUT2D eigenvalue weighted by Crippen LogP contribution is 2.16. The molecule has 0 heterocycles. The lowest BCUT2D eigenvalue weighted by atomic mass is 9.94. The lowest BCUT2D eigenvalue weighted by Crippen LogP contribution is -2.04. The highest BCUT2D eigenvalue weighted by molar-refractivity contribution is 6.32. The Morgan fingerprint density at radius 2 is 2.17 bits per heavy atom. The van der Waals surface area contributed by atoms with Gasteiger partial charge in [-0.25, -0.2) is 4.79 Å². The smallest absolute Gasteiger partial charge is 0.338 e. The maximum atomic E-state index is 10.5. The van der Waals surface area contributed by atoms with Gasteiger partial charge in [0, 0.05) is 0 Å². The molecule has 1 aromatic carbocycles. The predicted molar refractivity (Wildman–Crippen MR) is 47.0 cm³/mol. The van der Waals surface area contributed by atoms with Crippen LogP contribution < -0.4 is 5.46 Å². The molecule has 0 aromatic heterocycles. The number of carbonyl (C=O) groups is 1. The Bertz CT molecular complexity index is 337. The van der Waals surface area contributed by atoms with Gasteiger partial charge in [0.05, 0.1) is 5.56 Å². The maximum Gasteiger partial charge on any atom is 0.338 e. The molecule has 0 radical (unpaired) electrons. The fourth-order valence-corrected chi connectivity index (χ4v) is 0.898. The SMILES string of the molecule is Bc1ccc(C(=O)O)c(N=O)c1. The molecule has 0 saturated carbocycles. The summed E-state index contributed by atoms with van der Waals surface area (Å²) in [7, 11) is 1.76. The first-order valence-corrected chi connectivity index (χ1v) is 3.32. The molecule has 0 aliphatic rings. The van der Waals surface area contributed by atoms with Gasteiger partial charge in [-0.15, -0.1) is 4.91 Å². The molecule has 0 fully saturated rings. The highest BCUT2D eigenvalue weighted by atomic mass is 16.4. The summed E-state index contributed by atoms with van der Waals surface area (Å²) >= 11 is 0. The number of carboxylic acid groups (broad SMARTS) is 1. The molecule has 0 aliphatic carbocycles. The van der Waals surface area contributed by atoms with Crippen molar-refractivity contribution in [3.63, 3.8) is 0 Å². The summed E-state index contributed by atoms with van der Waals surface area (Å²) in [5.74, 6) is -1.13. The van der Waals surface area contributed by atoms with E-state index in [1.807, 2.05) is 0 Å². The molecule has 0 aliphatic heterocycles. The molecule has 1 rings (SSSR count). The minimum absolute atomic E-state index is 0.0255. The molecule has 4 nitrogen and oxygen atoms in total. The van der Waals surface area contributed by atoms with Crippen LogP contribution in [-0.4, -0.2) is 18.9 Å². The van der Waals surface area contributed by atoms with E-state index in [-0.39, 0.29) is 11.3 Å². The third-order valence-electron chi connectivity index (χ3n) is 1.48. The van der Waals surface area contributed by atoms with E-state index in [9.17, 15) is 9.70 Å². The van der Waals surface area contributed by atoms with Gasteiger partial charge in [0.25, 0.3) is 0 Å². The van der Waals surface area contributed by atoms with Crippen LogP contribution in [0.4, 0.5) is 5.69 Å². The number of rotatable bonds is 2. The van der Waals surface area contributed by atoms with Gasteiger partial charge in [0.1, 0.15) is 13.5 Å². The van der Waals surface area contributed by atoms with Crippen molar-refractivity contribution < 1.29 is 9.90 Å². The topological polar surface area (TPSA) is 66.7 Å². The van der Waals surface area contributed by atoms with Gasteiger partial charge in [-0.3, -0.25) is 0 Å². The summed E-state index contributed by atoms with van der Waals surface area (Å²) in [6.07, 6.45) is 0. The minimum Gasteiger partial charge on any atom is -0.478 e. The number of carboxylic acids is 1. The van der Waals surface area contributed by atoms with Gasteiger partial charge in [0.2, 0.25) is 0 Å². The second-order valence-electron chi connectivity index (χ2n) is 2.42. The van der Waals surface area contributed by atoms with Crippen molar-refractivity contribution in [1.82, 2.24) is 0 Å². The van der Waals surface area contributed by atoms with Gasteiger partial charge < -0.3 is 5.11 Å². The molecule has 0 bridgehead atoms. The first-order chi connectivity index (χ1) is 5.65. The van der Waals surface area contributed by atoms with E-state index in [0.717, 1.165) is 5.46 Å². The summed E-state index contributed by atoms with van der Waals surface area (Å²) in [6.45, 7) is 0. The zero-order valence-corrected chi connectivity index (χ0v) is 6.44. The third kappa shape index (κ3) is 1.50. The monoisotopic (exact) mass is 163 g/mol. The molecule has 1 N–H and O–H groups in total. The van der Waals surface area contributed by atoms with Crippen LogP contribution in [-0.2, 0) is 0 Å². The summed E-state index contributed by atoms with van der Waals surface area (Å²) in [6, 6.07) is 4.43. The minimum atomic E-state index is -1.13. The Labute approximate surface area is 69.6 Å². The lowest BCUT2D eigenvalue weighted by molar-refractivity contribution is 0.0698. The van der Waals surface area contributed by atoms with E-state index in [1.54, 1.807) is 13.9 Å². The molecule has 0 amide bonds. The molecule has 1 aromatic rings. The summed E-state index contributed by atoms with van der Waals surface area (Å²) in [5.41, 5.74) is 0.729. The van der Waals surface area contributed by atoms with E-state index in [0.29, 0.717) is 0 Å². The van der Waals surface area contributed by atoms with Crippen LogP contribution in [0.25, 0.3) is 0 Å². The number of hydrogen-bond donors (Lipinski definition) is 1. The number of nitroso groups, excluding NO2 is 1. The van der Waals surface area contributed by atoms with Crippen LogP contribution in [0.5, 0.6) is 0 Å². The molecule has 0 spiro atoms. The van der Waals surface area contributed by atoms with Crippen molar-refractivity contribution in [2.45, 2.75) is 0 Å². The molecular formula is C7H6BNO3. The zero-order chi connectivity index (χ0) is 9.14. The third-order valence-corrected chi connectivity index (χ3v) is 1.48. The first-order valence-electron chi connectivity index (χ1n) is 3.32. The van der Waals surface area contributed by atoms with Crippen LogP contribution in [0.15, 0.2) is 23.4 Å². The van der Waals surface area contributed by atoms with Gasteiger partial charge >= 0.3 is 5.97 Å². The molecule has 12 heavy (non-hydrogen) atoms. The zero-order valence-electron chi connectivity index (χ0n) is 6.44. The average molecular weight is 163 g/mol. The second-order valence-corrected chi connectivity index (χ2v) is 2.42. The number of hydrogen-bond acceptors (Lipinski definition) is 3. The van der Waals surface area contributed by atoms with Crippen molar-refractivity contribution in [2.75, 3.05) is 0 Å². The fourth-order valence-electron chi connectivity index (χ4n) is 0.898. The van der Waals surface area contributed by atoms with Gasteiger partial charge in [-0.1, -0.05) is 11.5 Å². The van der Waals surface area contributed by atoms with Crippen molar-refractivity contribution in [1.29, 1.82) is 0 Å². The van der Waals surface area contributed by atoms with Crippen LogP contribution >= 0.6 is 0 Å². The molecule has 0 atom stereocenters. The average Bonchev–Trinajstić information content (AvgIpc) is 2.03. The molecular weight excluding hydrogens is 157 g/mol. The summed E-state index contributed by atoms with van der Waals surface area (Å²) < 4.78 is 0. The first kappa shape index (κ1) is 8.45. The van der Waals surface area contributed by atoms with Crippen LogP contribution in [0.1, 0.15) is 10.4 Å². The number of benzene rings is 1. The van der Waals surface area contributed by atoms with Gasteiger partial charge in [-0.2, -0.15) is 0 Å². The second kappa shape index (κ2) is 3.17. The van der Waals surface area contributed by atoms with E-state index in [2.05, 4.69) is 5.18 Å². The van der Waals surface area contributed by atoms with Crippen molar-refractivity contribution in [3.8, 4) is 0 Å². The van der Waals surface area contributed by atoms with Crippen LogP contribution in [0.2, 0.25) is 0 Å². The van der Waals surface area contributed by atoms with Gasteiger partial charge in [-0.05, 0) is 17.3 Å². The molecule has 5 heteroatoms. The van der Waals surface area contributed by atoms with Crippen LogP contribution in [0.3, 0.4) is 0 Å². The van der Waals surface area contributed by atoms with Crippen molar-refractivity contribution >= 4 is 25.0 Å². The quantitative estimate of drug-likeness (QED) is 0.494. The maximum absolute atomic E-state index is 10.5. The fraction of sp³-hybridized carbons (Fsp3) is 0. The Hall–Kier alpha value is -1.65. The summed E-state index contributed by atoms with van der Waals surface area (Å²) in [4.78, 5) is 20.7. The molecule has 0 unspecified atom stereocenters. The standard InChI is InChI=1S/C7H6BNO3/c8-4-1-2-5(7(10)11)6(3-4)9-12/h1-3H,8H2,(H,10,11). The largest absolute Gasteiger partial charge is 0.478 e. The lowest BCUT2D eigenvalue weighted by Gasteiger charge is -1.97.